The highest BCUT2D eigenvalue weighted by Gasteiger charge is 2.21. The summed E-state index contributed by atoms with van der Waals surface area (Å²) in [6, 6.07) is 29.4. The first-order chi connectivity index (χ1) is 23.3. The molecule has 10 heteroatoms. The number of aliphatic hydroxyl groups excluding tert-OH is 3. The summed E-state index contributed by atoms with van der Waals surface area (Å²) in [6.07, 6.45) is 0.408. The number of nitrogens with one attached hydrogen (secondary N) is 1. The molecule has 0 heterocycles. The Morgan fingerprint density at radius 2 is 1.06 bits per heavy atom. The van der Waals surface area contributed by atoms with Gasteiger partial charge < -0.3 is 35.5 Å². The highest BCUT2D eigenvalue weighted by atomic mass is 32.1. The Hall–Kier alpha value is -4.97. The Kier molecular flexibility index (Phi) is 9.90. The molecule has 0 amide bonds. The molecular weight excluding hydrogens is 627 g/mol. The third-order valence-corrected chi connectivity index (χ3v) is 9.05. The third kappa shape index (κ3) is 6.57. The molecule has 9 nitrogen and oxygen atoms in total. The maximum atomic E-state index is 11.4. The van der Waals surface area contributed by atoms with E-state index in [9.17, 15) is 30.6 Å². The molecular formula is C38H37N3O6S. The predicted octanol–water partition coefficient (Wildman–Crippen LogP) is 5.53. The molecule has 0 aromatic heterocycles. The smallest absolute Gasteiger partial charge is 0.185 e. The number of nitrogens with zero attached hydrogens (tertiary/aromatic N) is 2. The number of aliphatic hydroxyl groups is 3. The van der Waals surface area contributed by atoms with E-state index in [1.807, 2.05) is 83.9 Å². The van der Waals surface area contributed by atoms with E-state index in [0.717, 1.165) is 27.3 Å². The molecule has 0 atom stereocenters. The molecule has 0 fully saturated rings. The van der Waals surface area contributed by atoms with E-state index in [-0.39, 0.29) is 55.2 Å². The van der Waals surface area contributed by atoms with Crippen LogP contribution in [-0.4, -0.2) is 59.0 Å². The summed E-state index contributed by atoms with van der Waals surface area (Å²) >= 11 is 5.82. The summed E-state index contributed by atoms with van der Waals surface area (Å²) < 4.78 is 0. The van der Waals surface area contributed by atoms with Crippen molar-refractivity contribution < 1.29 is 30.6 Å². The molecule has 0 aliphatic carbocycles. The van der Waals surface area contributed by atoms with Crippen molar-refractivity contribution in [3.63, 3.8) is 0 Å². The molecule has 0 saturated carbocycles. The first-order valence-corrected chi connectivity index (χ1v) is 16.0. The molecule has 0 radical (unpaired) electrons. The molecule has 0 bridgehead atoms. The van der Waals surface area contributed by atoms with Crippen molar-refractivity contribution in [2.24, 2.45) is 0 Å². The van der Waals surface area contributed by atoms with Crippen molar-refractivity contribution in [1.29, 1.82) is 0 Å². The zero-order chi connectivity index (χ0) is 33.8. The van der Waals surface area contributed by atoms with Crippen LogP contribution in [0.4, 0.5) is 0 Å². The van der Waals surface area contributed by atoms with Gasteiger partial charge in [-0.05, 0) is 63.6 Å². The van der Waals surface area contributed by atoms with Gasteiger partial charge in [-0.15, -0.1) is 0 Å². The van der Waals surface area contributed by atoms with Crippen LogP contribution in [0, 0.1) is 0 Å². The highest BCUT2D eigenvalue weighted by Crippen LogP contribution is 2.35. The first-order valence-electron chi connectivity index (χ1n) is 15.6. The average molecular weight is 664 g/mol. The summed E-state index contributed by atoms with van der Waals surface area (Å²) in [4.78, 5) is 1.49. The normalized spacial score (nSPS) is 11.5. The van der Waals surface area contributed by atoms with Gasteiger partial charge in [0.2, 0.25) is 0 Å². The zero-order valence-electron chi connectivity index (χ0n) is 26.2. The summed E-state index contributed by atoms with van der Waals surface area (Å²) in [7, 11) is 0. The van der Waals surface area contributed by atoms with Crippen LogP contribution in [0.2, 0.25) is 0 Å². The van der Waals surface area contributed by atoms with Crippen LogP contribution in [0.15, 0.2) is 97.1 Å². The Morgan fingerprint density at radius 3 is 1.65 bits per heavy atom. The van der Waals surface area contributed by atoms with Gasteiger partial charge in [-0.2, -0.15) is 0 Å². The van der Waals surface area contributed by atoms with Crippen molar-refractivity contribution in [3.05, 3.63) is 125 Å². The SMILES string of the molecule is OCCc1cc(CN(Cc2ccc(O)c3ccccc23)NC(=S)N(CO)Cc2cc(CO)c3ccccc3c2O)c(O)c2ccccc12. The summed E-state index contributed by atoms with van der Waals surface area (Å²) in [6.45, 7) is -0.228. The van der Waals surface area contributed by atoms with Crippen LogP contribution in [0.3, 0.4) is 0 Å². The van der Waals surface area contributed by atoms with Gasteiger partial charge in [0.05, 0.1) is 13.2 Å². The first kappa shape index (κ1) is 33.0. The lowest BCUT2D eigenvalue weighted by atomic mass is 9.97. The van der Waals surface area contributed by atoms with Gasteiger partial charge in [0, 0.05) is 47.0 Å². The maximum Gasteiger partial charge on any atom is 0.185 e. The number of hydrogen-bond acceptors (Lipinski definition) is 8. The second kappa shape index (κ2) is 14.4. The van der Waals surface area contributed by atoms with Gasteiger partial charge in [-0.1, -0.05) is 84.9 Å². The largest absolute Gasteiger partial charge is 0.507 e. The second-order valence-electron chi connectivity index (χ2n) is 11.7. The molecule has 6 rings (SSSR count). The summed E-state index contributed by atoms with van der Waals surface area (Å²) in [5, 5.41) is 69.8. The van der Waals surface area contributed by atoms with E-state index in [4.69, 9.17) is 12.2 Å². The van der Waals surface area contributed by atoms with Crippen molar-refractivity contribution in [2.45, 2.75) is 32.7 Å². The van der Waals surface area contributed by atoms with Crippen molar-refractivity contribution in [2.75, 3.05) is 13.3 Å². The highest BCUT2D eigenvalue weighted by molar-refractivity contribution is 7.80. The molecule has 0 aliphatic heterocycles. The number of fused-ring (bicyclic) bond motifs is 3. The van der Waals surface area contributed by atoms with E-state index in [0.29, 0.717) is 39.3 Å². The Bertz CT molecular complexity index is 2120. The van der Waals surface area contributed by atoms with Crippen LogP contribution in [-0.2, 0) is 32.7 Å². The standard InChI is InChI=1S/C38H37N3O6S/c42-16-15-24-17-27(37(47)33-11-5-2-7-29(24)33)21-41(20-25-13-14-35(45)32-10-4-1-8-30(25)32)39-38(48)40(23-44)19-26-18-28(22-43)31-9-3-6-12-34(31)36(26)46/h1-14,17-18,42-47H,15-16,19-23H2,(H,39,48). The van der Waals surface area contributed by atoms with Gasteiger partial charge in [0.25, 0.3) is 0 Å². The fourth-order valence-electron chi connectivity index (χ4n) is 6.32. The lowest BCUT2D eigenvalue weighted by Crippen LogP contribution is -2.48. The molecule has 0 aliphatic rings. The van der Waals surface area contributed by atoms with Crippen LogP contribution >= 0.6 is 12.2 Å². The number of thiocarbonyl (C=S) groups is 1. The van der Waals surface area contributed by atoms with Crippen molar-refractivity contribution >= 4 is 49.6 Å². The minimum absolute atomic E-state index is 0.0361. The van der Waals surface area contributed by atoms with E-state index in [1.54, 1.807) is 18.2 Å². The molecule has 0 spiro atoms. The van der Waals surface area contributed by atoms with Crippen molar-refractivity contribution in [1.82, 2.24) is 15.3 Å². The Morgan fingerprint density at radius 1 is 0.562 bits per heavy atom. The number of phenolic OH excluding ortho intramolecular Hbond substituents is 3. The number of aromatic hydroxyl groups is 3. The molecule has 6 aromatic rings. The summed E-state index contributed by atoms with van der Waals surface area (Å²) in [5.74, 6) is 0.306. The third-order valence-electron chi connectivity index (χ3n) is 8.70. The fraction of sp³-hybridized carbons (Fsp3) is 0.184. The van der Waals surface area contributed by atoms with E-state index in [2.05, 4.69) is 5.43 Å². The second-order valence-corrected chi connectivity index (χ2v) is 12.1. The lowest BCUT2D eigenvalue weighted by molar-refractivity contribution is 0.143. The molecule has 0 saturated heterocycles. The van der Waals surface area contributed by atoms with E-state index < -0.39 is 6.73 Å². The van der Waals surface area contributed by atoms with Gasteiger partial charge in [0.15, 0.2) is 5.11 Å². The van der Waals surface area contributed by atoms with Gasteiger partial charge >= 0.3 is 0 Å². The summed E-state index contributed by atoms with van der Waals surface area (Å²) in [5.41, 5.74) is 6.75. The van der Waals surface area contributed by atoms with E-state index in [1.165, 1.54) is 4.90 Å². The van der Waals surface area contributed by atoms with E-state index >= 15 is 0 Å². The number of rotatable bonds is 11. The quantitative estimate of drug-likeness (QED) is 0.0538. The molecule has 6 aromatic carbocycles. The lowest BCUT2D eigenvalue weighted by Gasteiger charge is -2.31. The fourth-order valence-corrected chi connectivity index (χ4v) is 6.58. The Labute approximate surface area is 283 Å². The zero-order valence-corrected chi connectivity index (χ0v) is 27.0. The average Bonchev–Trinajstić information content (AvgIpc) is 3.11. The van der Waals surface area contributed by atoms with Crippen LogP contribution < -0.4 is 5.43 Å². The van der Waals surface area contributed by atoms with Crippen LogP contribution in [0.1, 0.15) is 27.8 Å². The van der Waals surface area contributed by atoms with Crippen molar-refractivity contribution in [3.8, 4) is 17.2 Å². The number of hydrazine groups is 1. The minimum Gasteiger partial charge on any atom is -0.507 e. The van der Waals surface area contributed by atoms with Gasteiger partial charge in [-0.3, -0.25) is 5.43 Å². The number of hydrogen-bond donors (Lipinski definition) is 7. The van der Waals surface area contributed by atoms with Crippen LogP contribution in [0.5, 0.6) is 17.2 Å². The van der Waals surface area contributed by atoms with Crippen LogP contribution in [0.25, 0.3) is 32.3 Å². The monoisotopic (exact) mass is 663 g/mol. The maximum absolute atomic E-state index is 11.4. The predicted molar refractivity (Wildman–Crippen MR) is 191 cm³/mol. The topological polar surface area (TPSA) is 140 Å². The molecule has 0 unspecified atom stereocenters. The van der Waals surface area contributed by atoms with Gasteiger partial charge in [0.1, 0.15) is 24.0 Å². The minimum atomic E-state index is -0.468. The Balaban J connectivity index is 1.36. The van der Waals surface area contributed by atoms with Gasteiger partial charge in [-0.25, -0.2) is 5.01 Å². The molecule has 246 valence electrons. The molecule has 7 N–H and O–H groups in total. The number of benzene rings is 6. The molecule has 48 heavy (non-hydrogen) atoms. The number of phenols is 3.